The molecule has 0 atom stereocenters. The number of aromatic hydroxyl groups is 1. The summed E-state index contributed by atoms with van der Waals surface area (Å²) in [6, 6.07) is 27.0. The zero-order valence-corrected chi connectivity index (χ0v) is 26.0. The number of phenolic OH excluding ortho intramolecular Hbond substituents is 1. The molecule has 212 valence electrons. The van der Waals surface area contributed by atoms with Gasteiger partial charge in [0.25, 0.3) is 0 Å². The summed E-state index contributed by atoms with van der Waals surface area (Å²) in [5, 5.41) is 12.1. The summed E-state index contributed by atoms with van der Waals surface area (Å²) in [6.07, 6.45) is 3.84. The van der Waals surface area contributed by atoms with Gasteiger partial charge in [-0.2, -0.15) is 0 Å². The molecule has 1 N–H and O–H groups in total. The fourth-order valence-electron chi connectivity index (χ4n) is 5.69. The van der Waals surface area contributed by atoms with Crippen LogP contribution in [0.1, 0.15) is 50.7 Å². The van der Waals surface area contributed by atoms with E-state index in [1.807, 2.05) is 36.4 Å². The van der Waals surface area contributed by atoms with Crippen molar-refractivity contribution in [3.8, 4) is 34.2 Å². The molecule has 7 aromatic rings. The van der Waals surface area contributed by atoms with Crippen molar-refractivity contribution >= 4 is 33.0 Å². The quantitative estimate of drug-likeness (QED) is 0.179. The molecule has 0 aliphatic heterocycles. The Morgan fingerprint density at radius 1 is 0.810 bits per heavy atom. The molecule has 7 rings (SSSR count). The Labute approximate surface area is 258 Å². The van der Waals surface area contributed by atoms with Crippen molar-refractivity contribution in [2.24, 2.45) is 0 Å². The van der Waals surface area contributed by atoms with Crippen LogP contribution in [0.2, 0.25) is 0 Å². The minimum absolute atomic E-state index is 0. The number of imidazole rings is 1. The fraction of sp³-hybridized carbons (Fsp3) is 0.171. The third-order valence-corrected chi connectivity index (χ3v) is 7.67. The molecule has 42 heavy (non-hydrogen) atoms. The summed E-state index contributed by atoms with van der Waals surface area (Å²) in [7, 11) is 0. The predicted octanol–water partition coefficient (Wildman–Crippen LogP) is 8.80. The van der Waals surface area contributed by atoms with Crippen molar-refractivity contribution in [1.29, 1.82) is 0 Å². The van der Waals surface area contributed by atoms with Crippen molar-refractivity contribution < 1.29 is 30.6 Å². The second-order valence-corrected chi connectivity index (χ2v) is 11.0. The van der Waals surface area contributed by atoms with Crippen LogP contribution in [-0.4, -0.2) is 24.6 Å². The average Bonchev–Trinajstić information content (AvgIpc) is 3.58. The molecule has 0 spiro atoms. The van der Waals surface area contributed by atoms with Gasteiger partial charge in [0.2, 0.25) is 0 Å². The molecule has 7 heteroatoms. The van der Waals surface area contributed by atoms with E-state index >= 15 is 0 Å². The van der Waals surface area contributed by atoms with E-state index in [9.17, 15) is 5.11 Å². The number of hydrogen-bond acceptors (Lipinski definition) is 5. The van der Waals surface area contributed by atoms with Gasteiger partial charge >= 0.3 is 0 Å². The van der Waals surface area contributed by atoms with E-state index in [0.29, 0.717) is 39.6 Å². The molecule has 0 aliphatic carbocycles. The number of pyridine rings is 2. The van der Waals surface area contributed by atoms with Crippen LogP contribution in [0.25, 0.3) is 61.4 Å². The van der Waals surface area contributed by atoms with Crippen molar-refractivity contribution in [1.82, 2.24) is 19.5 Å². The van der Waals surface area contributed by atoms with E-state index in [-0.39, 0.29) is 26.8 Å². The number of benzene rings is 3. The predicted molar refractivity (Wildman–Crippen MR) is 163 cm³/mol. The molecule has 4 heterocycles. The van der Waals surface area contributed by atoms with Crippen molar-refractivity contribution in [2.45, 2.75) is 39.5 Å². The first-order valence-electron chi connectivity index (χ1n) is 13.9. The molecular formula is C35H29N4O2Pt-. The number of aromatic nitrogens is 4. The van der Waals surface area contributed by atoms with Crippen molar-refractivity contribution in [3.63, 3.8) is 0 Å². The average molecular weight is 733 g/mol. The maximum absolute atomic E-state index is 10.6. The first-order chi connectivity index (χ1) is 19.9. The van der Waals surface area contributed by atoms with Crippen LogP contribution in [0, 0.1) is 6.07 Å². The molecule has 0 fully saturated rings. The third kappa shape index (κ3) is 4.51. The van der Waals surface area contributed by atoms with Gasteiger partial charge < -0.3 is 19.1 Å². The van der Waals surface area contributed by atoms with E-state index in [1.165, 1.54) is 11.1 Å². The minimum atomic E-state index is 0. The Hall–Kier alpha value is -4.28. The number of nitrogens with zero attached hydrogens (tertiary/aromatic N) is 4. The molecular weight excluding hydrogens is 703 g/mol. The van der Waals surface area contributed by atoms with Crippen LogP contribution in [0.5, 0.6) is 5.75 Å². The summed E-state index contributed by atoms with van der Waals surface area (Å²) >= 11 is 0. The number of fused-ring (bicyclic) bond motifs is 4. The number of phenols is 1. The Balaban J connectivity index is 0.00000316. The Morgan fingerprint density at radius 3 is 2.31 bits per heavy atom. The van der Waals surface area contributed by atoms with E-state index < -0.39 is 0 Å². The molecule has 6 nitrogen and oxygen atoms in total. The standard InChI is InChI=1S/C35H29N4O2.Pt/c1-20(2)22-9-5-10-23(21(3)4)34(22)39-19-28(38-35(39)25-11-6-13-26-24(25)12-8-18-36-26)27-16-17-31-33(37-27)32-29(40)14-7-15-30(32)41-31;/h5-11,13-21,40H,1-4H3;/q-1;. The normalized spacial score (nSPS) is 11.7. The fourth-order valence-corrected chi connectivity index (χ4v) is 5.69. The SMILES string of the molecule is CC(C)c1cccc(C(C)C)c1-n1cc(-c2ccc3oc4cccc(O)c4c3n2)nc1-c1cccc2ncc[c-]c12.[Pt]. The van der Waals surface area contributed by atoms with Gasteiger partial charge in [-0.1, -0.05) is 81.9 Å². The van der Waals surface area contributed by atoms with Crippen molar-refractivity contribution in [3.05, 3.63) is 102 Å². The van der Waals surface area contributed by atoms with Crippen LogP contribution < -0.4 is 0 Å². The topological polar surface area (TPSA) is 77.0 Å². The van der Waals surface area contributed by atoms with Crippen LogP contribution in [0.3, 0.4) is 0 Å². The molecule has 0 aliphatic rings. The summed E-state index contributed by atoms with van der Waals surface area (Å²) in [6.45, 7) is 8.90. The van der Waals surface area contributed by atoms with Gasteiger partial charge in [0, 0.05) is 27.3 Å². The maximum atomic E-state index is 10.6. The van der Waals surface area contributed by atoms with Gasteiger partial charge in [-0.05, 0) is 52.7 Å². The second-order valence-electron chi connectivity index (χ2n) is 11.0. The van der Waals surface area contributed by atoms with Gasteiger partial charge in [-0.3, -0.25) is 0 Å². The first-order valence-corrected chi connectivity index (χ1v) is 13.9. The van der Waals surface area contributed by atoms with Crippen LogP contribution in [-0.2, 0) is 21.1 Å². The Morgan fingerprint density at radius 2 is 1.55 bits per heavy atom. The van der Waals surface area contributed by atoms with Crippen LogP contribution in [0.4, 0.5) is 0 Å². The Kier molecular flexibility index (Phi) is 7.20. The molecule has 0 radical (unpaired) electrons. The number of hydrogen-bond donors (Lipinski definition) is 1. The summed E-state index contributed by atoms with van der Waals surface area (Å²) < 4.78 is 8.18. The van der Waals surface area contributed by atoms with Gasteiger partial charge in [0.1, 0.15) is 28.4 Å². The minimum Gasteiger partial charge on any atom is -0.507 e. The smallest absolute Gasteiger partial charge is 0.154 e. The molecule has 0 bridgehead atoms. The van der Waals surface area contributed by atoms with Crippen LogP contribution in [0.15, 0.2) is 89.6 Å². The van der Waals surface area contributed by atoms with Crippen LogP contribution >= 0.6 is 0 Å². The molecule has 4 aromatic heterocycles. The Bertz CT molecular complexity index is 2060. The number of para-hydroxylation sites is 1. The summed E-state index contributed by atoms with van der Waals surface area (Å²) in [5.41, 5.74) is 8.69. The largest absolute Gasteiger partial charge is 0.507 e. The van der Waals surface area contributed by atoms with E-state index in [1.54, 1.807) is 18.3 Å². The first kappa shape index (κ1) is 27.9. The van der Waals surface area contributed by atoms with E-state index in [2.05, 4.69) is 73.8 Å². The van der Waals surface area contributed by atoms with Crippen molar-refractivity contribution in [2.75, 3.05) is 0 Å². The maximum Gasteiger partial charge on any atom is 0.154 e. The third-order valence-electron chi connectivity index (χ3n) is 7.67. The van der Waals surface area contributed by atoms with Gasteiger partial charge in [-0.25, -0.2) is 9.97 Å². The monoisotopic (exact) mass is 732 g/mol. The zero-order valence-electron chi connectivity index (χ0n) is 23.7. The van der Waals surface area contributed by atoms with Gasteiger partial charge in [-0.15, -0.1) is 17.5 Å². The molecule has 3 aromatic carbocycles. The van der Waals surface area contributed by atoms with E-state index in [0.717, 1.165) is 33.7 Å². The van der Waals surface area contributed by atoms with E-state index in [4.69, 9.17) is 14.4 Å². The van der Waals surface area contributed by atoms with Gasteiger partial charge in [0.05, 0.1) is 16.8 Å². The molecule has 0 amide bonds. The molecule has 0 saturated carbocycles. The molecule has 0 unspecified atom stereocenters. The number of furan rings is 1. The molecule has 0 saturated heterocycles. The zero-order chi connectivity index (χ0) is 28.2. The second kappa shape index (κ2) is 10.8. The number of rotatable bonds is 5. The summed E-state index contributed by atoms with van der Waals surface area (Å²) in [5.74, 6) is 1.55. The van der Waals surface area contributed by atoms with Gasteiger partial charge in [0.15, 0.2) is 5.58 Å². The summed E-state index contributed by atoms with van der Waals surface area (Å²) in [4.78, 5) is 14.8.